The molecule has 0 saturated heterocycles. The van der Waals surface area contributed by atoms with E-state index >= 15 is 0 Å². The van der Waals surface area contributed by atoms with Gasteiger partial charge in [-0.2, -0.15) is 4.98 Å². The number of rotatable bonds is 4. The maximum atomic E-state index is 5.37. The summed E-state index contributed by atoms with van der Waals surface area (Å²) in [5.74, 6) is 1.46. The van der Waals surface area contributed by atoms with Gasteiger partial charge in [0.15, 0.2) is 5.82 Å². The lowest BCUT2D eigenvalue weighted by atomic mass is 10.1. The van der Waals surface area contributed by atoms with Gasteiger partial charge in [0.2, 0.25) is 5.89 Å². The zero-order valence-corrected chi connectivity index (χ0v) is 11.3. The third-order valence-electron chi connectivity index (χ3n) is 3.34. The fourth-order valence-electron chi connectivity index (χ4n) is 2.28. The van der Waals surface area contributed by atoms with Crippen LogP contribution < -0.4 is 5.32 Å². The molecule has 0 spiro atoms. The molecule has 5 nitrogen and oxygen atoms in total. The van der Waals surface area contributed by atoms with Crippen LogP contribution in [0.5, 0.6) is 0 Å². The second kappa shape index (κ2) is 5.01. The summed E-state index contributed by atoms with van der Waals surface area (Å²) in [6.45, 7) is 0.928. The molecule has 3 rings (SSSR count). The Hall–Kier alpha value is -1.88. The van der Waals surface area contributed by atoms with E-state index in [2.05, 4.69) is 38.6 Å². The zero-order chi connectivity index (χ0) is 13.2. The third-order valence-corrected chi connectivity index (χ3v) is 3.34. The van der Waals surface area contributed by atoms with Gasteiger partial charge >= 0.3 is 0 Å². The van der Waals surface area contributed by atoms with Crippen LogP contribution in [0, 0.1) is 0 Å². The minimum absolute atomic E-state index is 0.109. The lowest BCUT2D eigenvalue weighted by molar-refractivity contribution is 0.354. The van der Waals surface area contributed by atoms with Crippen LogP contribution in [0.2, 0.25) is 0 Å². The van der Waals surface area contributed by atoms with Crippen molar-refractivity contribution in [1.82, 2.24) is 15.0 Å². The van der Waals surface area contributed by atoms with Gasteiger partial charge in [-0.05, 0) is 25.7 Å². The zero-order valence-electron chi connectivity index (χ0n) is 11.3. The number of benzene rings is 1. The Kier molecular flexibility index (Phi) is 3.21. The van der Waals surface area contributed by atoms with Gasteiger partial charge in [0.25, 0.3) is 0 Å². The lowest BCUT2D eigenvalue weighted by Crippen LogP contribution is -2.15. The predicted molar refractivity (Wildman–Crippen MR) is 73.1 cm³/mol. The van der Waals surface area contributed by atoms with Crippen molar-refractivity contribution in [3.05, 3.63) is 41.5 Å². The number of hydrogen-bond donors (Lipinski definition) is 1. The summed E-state index contributed by atoms with van der Waals surface area (Å²) in [5.41, 5.74) is 2.47. The quantitative estimate of drug-likeness (QED) is 0.907. The topological polar surface area (TPSA) is 54.2 Å². The van der Waals surface area contributed by atoms with Crippen molar-refractivity contribution in [2.75, 3.05) is 26.0 Å². The Labute approximate surface area is 112 Å². The number of nitrogens with one attached hydrogen (secondary N) is 1. The summed E-state index contributed by atoms with van der Waals surface area (Å²) in [5, 5.41) is 7.47. The molecule has 1 aromatic carbocycles. The van der Waals surface area contributed by atoms with E-state index in [9.17, 15) is 0 Å². The second-order valence-corrected chi connectivity index (χ2v) is 5.16. The molecule has 0 bridgehead atoms. The number of aromatic nitrogens is 2. The average molecular weight is 258 g/mol. The highest BCUT2D eigenvalue weighted by Crippen LogP contribution is 2.32. The van der Waals surface area contributed by atoms with Crippen molar-refractivity contribution in [3.8, 4) is 0 Å². The van der Waals surface area contributed by atoms with Crippen molar-refractivity contribution >= 4 is 5.69 Å². The molecule has 19 heavy (non-hydrogen) atoms. The van der Waals surface area contributed by atoms with Crippen molar-refractivity contribution in [2.45, 2.75) is 18.9 Å². The number of anilines is 1. The average Bonchev–Trinajstić information content (AvgIpc) is 3.02. The molecular weight excluding hydrogens is 240 g/mol. The van der Waals surface area contributed by atoms with E-state index in [1.165, 1.54) is 11.3 Å². The first kappa shape index (κ1) is 12.2. The van der Waals surface area contributed by atoms with Crippen LogP contribution in [0.1, 0.15) is 23.3 Å². The van der Waals surface area contributed by atoms with E-state index < -0.39 is 0 Å². The SMILES string of the molecule is CN(C)CCc1noc(C2Cc3ccccc3N2)n1. The molecule has 0 fully saturated rings. The van der Waals surface area contributed by atoms with Crippen LogP contribution in [0.25, 0.3) is 0 Å². The molecule has 0 amide bonds. The highest BCUT2D eigenvalue weighted by Gasteiger charge is 2.26. The second-order valence-electron chi connectivity index (χ2n) is 5.16. The Morgan fingerprint density at radius 2 is 2.21 bits per heavy atom. The summed E-state index contributed by atoms with van der Waals surface area (Å²) in [6, 6.07) is 8.41. The standard InChI is InChI=1S/C14H18N4O/c1-18(2)8-7-13-16-14(19-17-13)12-9-10-5-3-4-6-11(10)15-12/h3-6,12,15H,7-9H2,1-2H3. The fourth-order valence-corrected chi connectivity index (χ4v) is 2.28. The van der Waals surface area contributed by atoms with Crippen molar-refractivity contribution in [3.63, 3.8) is 0 Å². The first-order chi connectivity index (χ1) is 9.22. The highest BCUT2D eigenvalue weighted by molar-refractivity contribution is 5.56. The number of hydrogen-bond acceptors (Lipinski definition) is 5. The Balaban J connectivity index is 1.68. The van der Waals surface area contributed by atoms with Crippen LogP contribution in [-0.2, 0) is 12.8 Å². The van der Waals surface area contributed by atoms with E-state index in [4.69, 9.17) is 4.52 Å². The molecule has 2 aromatic rings. The molecule has 1 aromatic heterocycles. The minimum Gasteiger partial charge on any atom is -0.373 e. The lowest BCUT2D eigenvalue weighted by Gasteiger charge is -2.06. The minimum atomic E-state index is 0.109. The number of para-hydroxylation sites is 1. The van der Waals surface area contributed by atoms with E-state index in [1.54, 1.807) is 0 Å². The number of fused-ring (bicyclic) bond motifs is 1. The Morgan fingerprint density at radius 3 is 3.00 bits per heavy atom. The summed E-state index contributed by atoms with van der Waals surface area (Å²) in [4.78, 5) is 6.59. The van der Waals surface area contributed by atoms with Gasteiger partial charge in [0.05, 0.1) is 0 Å². The van der Waals surface area contributed by atoms with Crippen molar-refractivity contribution < 1.29 is 4.52 Å². The van der Waals surface area contributed by atoms with Gasteiger partial charge in [-0.15, -0.1) is 0 Å². The van der Waals surface area contributed by atoms with Crippen LogP contribution in [0.15, 0.2) is 28.8 Å². The highest BCUT2D eigenvalue weighted by atomic mass is 16.5. The molecule has 1 N–H and O–H groups in total. The van der Waals surface area contributed by atoms with Crippen LogP contribution in [0.3, 0.4) is 0 Å². The summed E-state index contributed by atoms with van der Waals surface area (Å²) in [7, 11) is 4.08. The fraction of sp³-hybridized carbons (Fsp3) is 0.429. The van der Waals surface area contributed by atoms with Crippen LogP contribution >= 0.6 is 0 Å². The molecular formula is C14H18N4O. The maximum absolute atomic E-state index is 5.37. The molecule has 100 valence electrons. The van der Waals surface area contributed by atoms with Gasteiger partial charge in [-0.1, -0.05) is 23.4 Å². The molecule has 5 heteroatoms. The summed E-state index contributed by atoms with van der Waals surface area (Å²) >= 11 is 0. The first-order valence-electron chi connectivity index (χ1n) is 6.54. The van der Waals surface area contributed by atoms with Gasteiger partial charge in [-0.3, -0.25) is 0 Å². The van der Waals surface area contributed by atoms with Gasteiger partial charge in [0, 0.05) is 25.1 Å². The van der Waals surface area contributed by atoms with E-state index in [0.29, 0.717) is 5.89 Å². The Morgan fingerprint density at radius 1 is 1.37 bits per heavy atom. The normalized spacial score (nSPS) is 17.5. The molecule has 1 unspecified atom stereocenters. The van der Waals surface area contributed by atoms with Gasteiger partial charge in [-0.25, -0.2) is 0 Å². The summed E-state index contributed by atoms with van der Waals surface area (Å²) < 4.78 is 5.37. The van der Waals surface area contributed by atoms with Crippen LogP contribution in [-0.4, -0.2) is 35.7 Å². The number of nitrogens with zero attached hydrogens (tertiary/aromatic N) is 3. The first-order valence-corrected chi connectivity index (χ1v) is 6.54. The third kappa shape index (κ3) is 2.61. The van der Waals surface area contributed by atoms with Crippen molar-refractivity contribution in [1.29, 1.82) is 0 Å². The van der Waals surface area contributed by atoms with E-state index in [-0.39, 0.29) is 6.04 Å². The molecule has 0 radical (unpaired) electrons. The summed E-state index contributed by atoms with van der Waals surface area (Å²) in [6.07, 6.45) is 1.72. The molecule has 1 atom stereocenters. The molecule has 0 saturated carbocycles. The maximum Gasteiger partial charge on any atom is 0.249 e. The van der Waals surface area contributed by atoms with E-state index in [0.717, 1.165) is 25.2 Å². The van der Waals surface area contributed by atoms with E-state index in [1.807, 2.05) is 20.2 Å². The largest absolute Gasteiger partial charge is 0.373 e. The van der Waals surface area contributed by atoms with Crippen molar-refractivity contribution in [2.24, 2.45) is 0 Å². The van der Waals surface area contributed by atoms with Crippen LogP contribution in [0.4, 0.5) is 5.69 Å². The van der Waals surface area contributed by atoms with Gasteiger partial charge < -0.3 is 14.7 Å². The Bertz CT molecular complexity index is 539. The monoisotopic (exact) mass is 258 g/mol. The molecule has 0 aliphatic carbocycles. The predicted octanol–water partition coefficient (Wildman–Crippen LogP) is 1.88. The van der Waals surface area contributed by atoms with Gasteiger partial charge in [0.1, 0.15) is 6.04 Å². The molecule has 2 heterocycles. The number of likely N-dealkylation sites (N-methyl/N-ethyl adjacent to an activating group) is 1. The molecule has 1 aliphatic heterocycles. The smallest absolute Gasteiger partial charge is 0.249 e. The molecule has 1 aliphatic rings.